The molecule has 200 valence electrons. The van der Waals surface area contributed by atoms with E-state index in [2.05, 4.69) is 22.0 Å². The van der Waals surface area contributed by atoms with Crippen LogP contribution in [0.1, 0.15) is 24.1 Å². The Balaban J connectivity index is 1.53. The predicted molar refractivity (Wildman–Crippen MR) is 149 cm³/mol. The van der Waals surface area contributed by atoms with Crippen LogP contribution in [0.3, 0.4) is 0 Å². The Morgan fingerprint density at radius 1 is 0.949 bits per heavy atom. The first kappa shape index (κ1) is 25.2. The summed E-state index contributed by atoms with van der Waals surface area (Å²) in [5.41, 5.74) is 3.06. The number of anilines is 1. The zero-order valence-corrected chi connectivity index (χ0v) is 23.1. The Bertz CT molecular complexity index is 1770. The fraction of sp³-hybridized carbons (Fsp3) is 0.286. The summed E-state index contributed by atoms with van der Waals surface area (Å²) in [6.45, 7) is 9.63. The number of hydrogen-bond acceptors (Lipinski definition) is 8. The number of morpholine rings is 1. The summed E-state index contributed by atoms with van der Waals surface area (Å²) >= 11 is 0. The average Bonchev–Trinajstić information content (AvgIpc) is 3.52. The van der Waals surface area contributed by atoms with Crippen molar-refractivity contribution in [3.8, 4) is 17.1 Å². The van der Waals surface area contributed by atoms with Crippen molar-refractivity contribution in [2.75, 3.05) is 24.7 Å². The molecule has 0 aliphatic carbocycles. The van der Waals surface area contributed by atoms with E-state index >= 15 is 0 Å². The van der Waals surface area contributed by atoms with Gasteiger partial charge in [-0.15, -0.1) is 10.2 Å². The number of ether oxygens (including phenoxy) is 1. The van der Waals surface area contributed by atoms with Crippen LogP contribution in [0.15, 0.2) is 65.7 Å². The van der Waals surface area contributed by atoms with Gasteiger partial charge in [-0.05, 0) is 52.0 Å². The third-order valence-corrected chi connectivity index (χ3v) is 8.80. The molecule has 0 bridgehead atoms. The summed E-state index contributed by atoms with van der Waals surface area (Å²) in [4.78, 5) is 12.3. The van der Waals surface area contributed by atoms with Crippen LogP contribution in [-0.4, -0.2) is 62.9 Å². The van der Waals surface area contributed by atoms with Gasteiger partial charge in [0.05, 0.1) is 35.4 Å². The minimum Gasteiger partial charge on any atom is -0.377 e. The molecular weight excluding hydrogens is 514 g/mol. The van der Waals surface area contributed by atoms with E-state index in [-0.39, 0.29) is 10.9 Å². The van der Waals surface area contributed by atoms with E-state index in [0.29, 0.717) is 54.4 Å². The fourth-order valence-corrected chi connectivity index (χ4v) is 6.37. The van der Waals surface area contributed by atoms with E-state index in [1.807, 2.05) is 55.7 Å². The summed E-state index contributed by atoms with van der Waals surface area (Å²) < 4.78 is 36.0. The van der Waals surface area contributed by atoms with Crippen LogP contribution >= 0.6 is 0 Å². The second-order valence-electron chi connectivity index (χ2n) is 9.83. The molecule has 1 aliphatic rings. The van der Waals surface area contributed by atoms with E-state index in [9.17, 15) is 8.42 Å². The van der Waals surface area contributed by atoms with Gasteiger partial charge in [0, 0.05) is 29.8 Å². The first-order valence-corrected chi connectivity index (χ1v) is 14.2. The highest BCUT2D eigenvalue weighted by atomic mass is 32.2. The smallest absolute Gasteiger partial charge is 0.268 e. The number of rotatable bonds is 5. The maximum absolute atomic E-state index is 13.6. The fourth-order valence-electron chi connectivity index (χ4n) is 5.03. The molecule has 39 heavy (non-hydrogen) atoms. The zero-order valence-electron chi connectivity index (χ0n) is 22.2. The summed E-state index contributed by atoms with van der Waals surface area (Å²) in [7, 11) is -3.78. The summed E-state index contributed by atoms with van der Waals surface area (Å²) in [5, 5.41) is 9.21. The molecule has 1 fully saturated rings. The molecule has 0 unspecified atom stereocenters. The van der Waals surface area contributed by atoms with Crippen molar-refractivity contribution in [3.05, 3.63) is 78.0 Å². The lowest BCUT2D eigenvalue weighted by atomic mass is 10.1. The van der Waals surface area contributed by atoms with Gasteiger partial charge in [0.1, 0.15) is 17.5 Å². The highest BCUT2D eigenvalue weighted by Crippen LogP contribution is 2.33. The molecule has 0 radical (unpaired) electrons. The molecule has 0 N–H and O–H groups in total. The quantitative estimate of drug-likeness (QED) is 0.327. The molecule has 6 rings (SSSR count). The lowest BCUT2D eigenvalue weighted by Gasteiger charge is -2.33. The second kappa shape index (κ2) is 9.58. The highest BCUT2D eigenvalue weighted by molar-refractivity contribution is 7.90. The summed E-state index contributed by atoms with van der Waals surface area (Å²) in [5.74, 6) is 2.66. The Kier molecular flexibility index (Phi) is 6.19. The Morgan fingerprint density at radius 3 is 2.41 bits per heavy atom. The van der Waals surface area contributed by atoms with Crippen molar-refractivity contribution in [2.24, 2.45) is 0 Å². The number of fused-ring (bicyclic) bond motifs is 1. The van der Waals surface area contributed by atoms with Gasteiger partial charge < -0.3 is 9.64 Å². The number of benzene rings is 2. The van der Waals surface area contributed by atoms with Gasteiger partial charge in [0.2, 0.25) is 5.95 Å². The SMILES string of the molecule is Cc1ccc(S(=O)(=O)n2ccc3c(-c4cc(-n5c(C)nnc5C)nc(N5CCOC[C@H]5C)n4)cccc32)cc1. The largest absolute Gasteiger partial charge is 0.377 e. The van der Waals surface area contributed by atoms with Gasteiger partial charge in [0.25, 0.3) is 10.0 Å². The molecule has 1 atom stereocenters. The van der Waals surface area contributed by atoms with Gasteiger partial charge in [-0.1, -0.05) is 29.8 Å². The molecule has 1 saturated heterocycles. The van der Waals surface area contributed by atoms with Crippen molar-refractivity contribution >= 4 is 26.9 Å². The Hall–Kier alpha value is -4.09. The Morgan fingerprint density at radius 2 is 1.69 bits per heavy atom. The molecule has 0 amide bonds. The van der Waals surface area contributed by atoms with E-state index in [1.165, 1.54) is 3.97 Å². The zero-order chi connectivity index (χ0) is 27.3. The third kappa shape index (κ3) is 4.37. The molecule has 5 aromatic rings. The number of aromatic nitrogens is 6. The van der Waals surface area contributed by atoms with Crippen LogP contribution in [0, 0.1) is 20.8 Å². The minimum atomic E-state index is -3.78. The van der Waals surface area contributed by atoms with E-state index in [4.69, 9.17) is 14.7 Å². The molecular formula is C28H29N7O3S. The highest BCUT2D eigenvalue weighted by Gasteiger charge is 2.25. The first-order valence-electron chi connectivity index (χ1n) is 12.8. The molecule has 2 aromatic carbocycles. The molecule has 11 heteroatoms. The van der Waals surface area contributed by atoms with Gasteiger partial charge in [-0.2, -0.15) is 4.98 Å². The van der Waals surface area contributed by atoms with Crippen LogP contribution < -0.4 is 4.90 Å². The second-order valence-corrected chi connectivity index (χ2v) is 11.6. The standard InChI is InChI=1S/C28H29N7O3S/c1-18-8-10-22(11-9-18)39(36,37)34-13-12-24-23(6-5-7-26(24)34)25-16-27(35-20(3)31-32-21(35)4)30-28(29-25)33-14-15-38-17-19(33)2/h5-13,16,19H,14-15,17H2,1-4H3/t19-/m1/s1. The van der Waals surface area contributed by atoms with Crippen molar-refractivity contribution in [1.82, 2.24) is 28.7 Å². The average molecular weight is 544 g/mol. The predicted octanol–water partition coefficient (Wildman–Crippen LogP) is 4.07. The van der Waals surface area contributed by atoms with Crippen LogP contribution in [0.25, 0.3) is 28.0 Å². The maximum atomic E-state index is 13.6. The summed E-state index contributed by atoms with van der Waals surface area (Å²) in [6, 6.07) is 16.3. The van der Waals surface area contributed by atoms with Crippen LogP contribution in [-0.2, 0) is 14.8 Å². The third-order valence-electron chi connectivity index (χ3n) is 7.09. The van der Waals surface area contributed by atoms with Gasteiger partial charge in [0.15, 0.2) is 0 Å². The molecule has 4 heterocycles. The van der Waals surface area contributed by atoms with Crippen LogP contribution in [0.2, 0.25) is 0 Å². The lowest BCUT2D eigenvalue weighted by molar-refractivity contribution is 0.0981. The number of aryl methyl sites for hydroxylation is 3. The van der Waals surface area contributed by atoms with Gasteiger partial charge in [-0.25, -0.2) is 17.4 Å². The molecule has 0 saturated carbocycles. The van der Waals surface area contributed by atoms with Crippen molar-refractivity contribution in [1.29, 1.82) is 0 Å². The van der Waals surface area contributed by atoms with Crippen molar-refractivity contribution in [2.45, 2.75) is 38.6 Å². The van der Waals surface area contributed by atoms with Gasteiger partial charge in [-0.3, -0.25) is 4.57 Å². The molecule has 0 spiro atoms. The number of nitrogens with zero attached hydrogens (tertiary/aromatic N) is 7. The first-order chi connectivity index (χ1) is 18.7. The number of hydrogen-bond donors (Lipinski definition) is 0. The molecule has 3 aromatic heterocycles. The topological polar surface area (TPSA) is 108 Å². The lowest BCUT2D eigenvalue weighted by Crippen LogP contribution is -2.44. The molecule has 10 nitrogen and oxygen atoms in total. The minimum absolute atomic E-state index is 0.0986. The van der Waals surface area contributed by atoms with E-state index in [1.54, 1.807) is 30.5 Å². The Labute approximate surface area is 227 Å². The van der Waals surface area contributed by atoms with Crippen molar-refractivity contribution in [3.63, 3.8) is 0 Å². The van der Waals surface area contributed by atoms with Crippen LogP contribution in [0.4, 0.5) is 5.95 Å². The van der Waals surface area contributed by atoms with Crippen LogP contribution in [0.5, 0.6) is 0 Å². The van der Waals surface area contributed by atoms with Crippen molar-refractivity contribution < 1.29 is 13.2 Å². The van der Waals surface area contributed by atoms with E-state index in [0.717, 1.165) is 16.5 Å². The van der Waals surface area contributed by atoms with E-state index < -0.39 is 10.0 Å². The monoisotopic (exact) mass is 543 g/mol. The summed E-state index contributed by atoms with van der Waals surface area (Å²) in [6.07, 6.45) is 1.60. The van der Waals surface area contributed by atoms with Gasteiger partial charge >= 0.3 is 0 Å². The molecule has 1 aliphatic heterocycles. The normalized spacial score (nSPS) is 16.2. The maximum Gasteiger partial charge on any atom is 0.268 e.